The summed E-state index contributed by atoms with van der Waals surface area (Å²) in [6, 6.07) is 10.9. The molecular weight excluding hydrogens is 326 g/mol. The van der Waals surface area contributed by atoms with Gasteiger partial charge in [-0.05, 0) is 46.6 Å². The number of halogens is 3. The maximum Gasteiger partial charge on any atom is 0.150 e. The van der Waals surface area contributed by atoms with Gasteiger partial charge in [-0.2, -0.15) is 5.26 Å². The Morgan fingerprint density at radius 2 is 1.85 bits per heavy atom. The molecule has 1 N–H and O–H groups in total. The maximum absolute atomic E-state index is 13.7. The van der Waals surface area contributed by atoms with E-state index in [0.717, 1.165) is 11.6 Å². The lowest BCUT2D eigenvalue weighted by Gasteiger charge is -2.17. The number of hydrogen-bond donors (Lipinski definition) is 1. The molecule has 0 heterocycles. The molecule has 0 saturated carbocycles. The molecule has 0 fully saturated rings. The van der Waals surface area contributed by atoms with Gasteiger partial charge in [0, 0.05) is 16.6 Å². The Morgan fingerprint density at radius 1 is 1.20 bits per heavy atom. The number of hydrogen-bond acceptors (Lipinski definition) is 2. The van der Waals surface area contributed by atoms with E-state index < -0.39 is 11.6 Å². The molecule has 0 aliphatic carbocycles. The first-order valence-electron chi connectivity index (χ1n) is 5.92. The molecule has 0 radical (unpaired) electrons. The fourth-order valence-corrected chi connectivity index (χ4v) is 2.35. The van der Waals surface area contributed by atoms with Gasteiger partial charge in [0.25, 0.3) is 0 Å². The van der Waals surface area contributed by atoms with Crippen molar-refractivity contribution in [3.05, 3.63) is 63.6 Å². The lowest BCUT2D eigenvalue weighted by atomic mass is 10.1. The van der Waals surface area contributed by atoms with Crippen LogP contribution in [-0.2, 0) is 0 Å². The number of anilines is 1. The van der Waals surface area contributed by atoms with Crippen LogP contribution in [0.4, 0.5) is 14.5 Å². The fourth-order valence-electron chi connectivity index (χ4n) is 1.83. The molecule has 2 aromatic rings. The van der Waals surface area contributed by atoms with Gasteiger partial charge in [-0.3, -0.25) is 0 Å². The normalized spacial score (nSPS) is 11.8. The number of benzene rings is 2. The summed E-state index contributed by atoms with van der Waals surface area (Å²) < 4.78 is 27.1. The van der Waals surface area contributed by atoms with Crippen LogP contribution < -0.4 is 5.32 Å². The first kappa shape index (κ1) is 14.5. The molecule has 2 rings (SSSR count). The molecule has 1 atom stereocenters. The van der Waals surface area contributed by atoms with E-state index in [9.17, 15) is 8.78 Å². The van der Waals surface area contributed by atoms with Crippen molar-refractivity contribution in [2.75, 3.05) is 5.32 Å². The van der Waals surface area contributed by atoms with Crippen LogP contribution in [0.2, 0.25) is 0 Å². The van der Waals surface area contributed by atoms with E-state index in [4.69, 9.17) is 5.26 Å². The quantitative estimate of drug-likeness (QED) is 0.876. The zero-order chi connectivity index (χ0) is 14.7. The zero-order valence-corrected chi connectivity index (χ0v) is 12.2. The molecule has 0 aliphatic heterocycles. The highest BCUT2D eigenvalue weighted by Gasteiger charge is 2.13. The Bertz CT molecular complexity index is 640. The molecular formula is C15H11BrF2N2. The van der Waals surface area contributed by atoms with Crippen LogP contribution >= 0.6 is 15.9 Å². The highest BCUT2D eigenvalue weighted by atomic mass is 79.9. The molecule has 1 unspecified atom stereocenters. The minimum atomic E-state index is -0.655. The summed E-state index contributed by atoms with van der Waals surface area (Å²) >= 11 is 3.14. The largest absolute Gasteiger partial charge is 0.375 e. The van der Waals surface area contributed by atoms with Crippen molar-refractivity contribution in [3.8, 4) is 6.07 Å². The van der Waals surface area contributed by atoms with Gasteiger partial charge >= 0.3 is 0 Å². The Balaban J connectivity index is 2.23. The Hall–Kier alpha value is -1.93. The summed E-state index contributed by atoms with van der Waals surface area (Å²) in [7, 11) is 0. The molecule has 0 spiro atoms. The lowest BCUT2D eigenvalue weighted by molar-refractivity contribution is 0.582. The molecule has 0 aromatic heterocycles. The van der Waals surface area contributed by atoms with Crippen molar-refractivity contribution in [2.24, 2.45) is 0 Å². The van der Waals surface area contributed by atoms with Crippen LogP contribution in [0, 0.1) is 23.0 Å². The Kier molecular flexibility index (Phi) is 4.35. The average molecular weight is 337 g/mol. The molecule has 20 heavy (non-hydrogen) atoms. The second-order valence-corrected chi connectivity index (χ2v) is 5.20. The van der Waals surface area contributed by atoms with Gasteiger partial charge in [-0.1, -0.05) is 12.1 Å². The highest BCUT2D eigenvalue weighted by molar-refractivity contribution is 9.10. The number of rotatable bonds is 3. The molecule has 0 aliphatic rings. The number of nitriles is 1. The van der Waals surface area contributed by atoms with Gasteiger partial charge in [-0.15, -0.1) is 0 Å². The Labute approximate surface area is 124 Å². The smallest absolute Gasteiger partial charge is 0.150 e. The van der Waals surface area contributed by atoms with Crippen molar-refractivity contribution in [1.29, 1.82) is 5.26 Å². The van der Waals surface area contributed by atoms with Crippen LogP contribution in [0.3, 0.4) is 0 Å². The van der Waals surface area contributed by atoms with Gasteiger partial charge in [0.05, 0.1) is 17.3 Å². The van der Waals surface area contributed by atoms with E-state index in [1.54, 1.807) is 24.3 Å². The van der Waals surface area contributed by atoms with Crippen molar-refractivity contribution in [2.45, 2.75) is 13.0 Å². The monoisotopic (exact) mass is 336 g/mol. The molecule has 5 heteroatoms. The maximum atomic E-state index is 13.7. The standard InChI is InChI=1S/C15H11BrF2N2/c1-9(11-4-2-10(8-19)3-5-11)20-15-13(16)6-12(17)7-14(15)18/h2-7,9,20H,1H3. The SMILES string of the molecule is CC(Nc1c(F)cc(F)cc1Br)c1ccc(C#N)cc1. The van der Waals surface area contributed by atoms with E-state index in [-0.39, 0.29) is 11.7 Å². The minimum absolute atomic E-state index is 0.181. The van der Waals surface area contributed by atoms with Crippen LogP contribution in [0.5, 0.6) is 0 Å². The van der Waals surface area contributed by atoms with Crippen LogP contribution in [0.25, 0.3) is 0 Å². The van der Waals surface area contributed by atoms with Crippen molar-refractivity contribution < 1.29 is 8.78 Å². The molecule has 0 amide bonds. The molecule has 2 aromatic carbocycles. The van der Waals surface area contributed by atoms with Crippen molar-refractivity contribution >= 4 is 21.6 Å². The third kappa shape index (κ3) is 3.14. The molecule has 0 saturated heterocycles. The molecule has 0 bridgehead atoms. The van der Waals surface area contributed by atoms with Crippen molar-refractivity contribution in [3.63, 3.8) is 0 Å². The third-order valence-corrected chi connectivity index (χ3v) is 3.53. The van der Waals surface area contributed by atoms with Crippen LogP contribution in [0.15, 0.2) is 40.9 Å². The Morgan fingerprint density at radius 3 is 2.40 bits per heavy atom. The minimum Gasteiger partial charge on any atom is -0.375 e. The van der Waals surface area contributed by atoms with Crippen LogP contribution in [0.1, 0.15) is 24.1 Å². The topological polar surface area (TPSA) is 35.8 Å². The first-order chi connectivity index (χ1) is 9.51. The summed E-state index contributed by atoms with van der Waals surface area (Å²) in [5, 5.41) is 11.7. The molecule has 102 valence electrons. The third-order valence-electron chi connectivity index (χ3n) is 2.91. The highest BCUT2D eigenvalue weighted by Crippen LogP contribution is 2.30. The van der Waals surface area contributed by atoms with Gasteiger partial charge in [0.15, 0.2) is 0 Å². The summed E-state index contributed by atoms with van der Waals surface area (Å²) in [4.78, 5) is 0. The van der Waals surface area contributed by atoms with Gasteiger partial charge in [-0.25, -0.2) is 8.78 Å². The number of nitrogens with one attached hydrogen (secondary N) is 1. The van der Waals surface area contributed by atoms with Crippen LogP contribution in [-0.4, -0.2) is 0 Å². The van der Waals surface area contributed by atoms with E-state index in [2.05, 4.69) is 21.2 Å². The van der Waals surface area contributed by atoms with Crippen molar-refractivity contribution in [1.82, 2.24) is 0 Å². The van der Waals surface area contributed by atoms with E-state index in [1.807, 2.05) is 13.0 Å². The first-order valence-corrected chi connectivity index (χ1v) is 6.71. The summed E-state index contributed by atoms with van der Waals surface area (Å²) in [6.07, 6.45) is 0. The summed E-state index contributed by atoms with van der Waals surface area (Å²) in [5.74, 6) is -1.29. The van der Waals surface area contributed by atoms with E-state index in [0.29, 0.717) is 10.0 Å². The second-order valence-electron chi connectivity index (χ2n) is 4.34. The predicted molar refractivity (Wildman–Crippen MR) is 77.3 cm³/mol. The predicted octanol–water partition coefficient (Wildman–Crippen LogP) is 4.77. The fraction of sp³-hybridized carbons (Fsp3) is 0.133. The van der Waals surface area contributed by atoms with Gasteiger partial charge in [0.2, 0.25) is 0 Å². The van der Waals surface area contributed by atoms with E-state index in [1.165, 1.54) is 6.07 Å². The van der Waals surface area contributed by atoms with Gasteiger partial charge < -0.3 is 5.32 Å². The zero-order valence-electron chi connectivity index (χ0n) is 10.6. The number of nitrogens with zero attached hydrogens (tertiary/aromatic N) is 1. The average Bonchev–Trinajstić information content (AvgIpc) is 2.42. The lowest BCUT2D eigenvalue weighted by Crippen LogP contribution is -2.09. The second kappa shape index (κ2) is 6.02. The van der Waals surface area contributed by atoms with E-state index >= 15 is 0 Å². The summed E-state index contributed by atoms with van der Waals surface area (Å²) in [6.45, 7) is 1.86. The van der Waals surface area contributed by atoms with Gasteiger partial charge in [0.1, 0.15) is 11.6 Å². The molecule has 2 nitrogen and oxygen atoms in total. The summed E-state index contributed by atoms with van der Waals surface area (Å²) in [5.41, 5.74) is 1.68.